The van der Waals surface area contributed by atoms with Crippen LogP contribution in [0, 0.1) is 0 Å². The maximum Gasteiger partial charge on any atom is 0.165 e. The van der Waals surface area contributed by atoms with Gasteiger partial charge in [0.25, 0.3) is 0 Å². The molecule has 1 aliphatic carbocycles. The Hall–Kier alpha value is -2.47. The van der Waals surface area contributed by atoms with Crippen LogP contribution in [0.3, 0.4) is 0 Å². The molecule has 24 heavy (non-hydrogen) atoms. The summed E-state index contributed by atoms with van der Waals surface area (Å²) in [6.07, 6.45) is 4.57. The van der Waals surface area contributed by atoms with Crippen LogP contribution >= 0.6 is 0 Å². The maximum absolute atomic E-state index is 4.30. The molecule has 3 aromatic rings. The van der Waals surface area contributed by atoms with Crippen LogP contribution < -0.4 is 0 Å². The van der Waals surface area contributed by atoms with Crippen LogP contribution in [-0.2, 0) is 13.1 Å². The van der Waals surface area contributed by atoms with Crippen molar-refractivity contribution in [2.24, 2.45) is 0 Å². The Kier molecular flexibility index (Phi) is 3.23. The second-order valence-corrected chi connectivity index (χ2v) is 6.68. The van der Waals surface area contributed by atoms with Crippen molar-refractivity contribution in [3.8, 4) is 0 Å². The molecule has 122 valence electrons. The van der Waals surface area contributed by atoms with Crippen LogP contribution in [0.2, 0.25) is 0 Å². The molecule has 6 heteroatoms. The monoisotopic (exact) mass is 320 g/mol. The van der Waals surface area contributed by atoms with Gasteiger partial charge in [0, 0.05) is 25.0 Å². The third-order valence-corrected chi connectivity index (χ3v) is 5.05. The number of hydrogen-bond donors (Lipinski definition) is 0. The van der Waals surface area contributed by atoms with E-state index >= 15 is 0 Å². The molecule has 6 nitrogen and oxygen atoms in total. The molecule has 1 aromatic carbocycles. The molecule has 0 spiro atoms. The highest BCUT2D eigenvalue weighted by molar-refractivity contribution is 5.30. The van der Waals surface area contributed by atoms with E-state index < -0.39 is 0 Å². The zero-order chi connectivity index (χ0) is 15.9. The lowest BCUT2D eigenvalue weighted by atomic mass is 10.00. The summed E-state index contributed by atoms with van der Waals surface area (Å²) in [6, 6.07) is 15.9. The first kappa shape index (κ1) is 13.9. The summed E-state index contributed by atoms with van der Waals surface area (Å²) >= 11 is 0. The molecule has 5 rings (SSSR count). The van der Waals surface area contributed by atoms with E-state index in [4.69, 9.17) is 0 Å². The predicted octanol–water partition coefficient (Wildman–Crippen LogP) is 2.41. The molecule has 0 N–H and O–H groups in total. The minimum absolute atomic E-state index is 0.249. The molecule has 0 radical (unpaired) electrons. The number of rotatable bonds is 4. The lowest BCUT2D eigenvalue weighted by molar-refractivity contribution is 0.167. The van der Waals surface area contributed by atoms with Gasteiger partial charge in [0.1, 0.15) is 0 Å². The largest absolute Gasteiger partial charge is 0.348 e. The summed E-state index contributed by atoms with van der Waals surface area (Å²) in [5.74, 6) is 0.985. The lowest BCUT2D eigenvalue weighted by Crippen LogP contribution is -2.38. The summed E-state index contributed by atoms with van der Waals surface area (Å²) in [6.45, 7) is 2.80. The third kappa shape index (κ3) is 2.34. The molecule has 1 unspecified atom stereocenters. The molecule has 1 atom stereocenters. The smallest absolute Gasteiger partial charge is 0.165 e. The van der Waals surface area contributed by atoms with Crippen LogP contribution in [0.1, 0.15) is 42.0 Å². The first-order valence-electron chi connectivity index (χ1n) is 8.61. The van der Waals surface area contributed by atoms with Crippen molar-refractivity contribution in [2.75, 3.05) is 6.54 Å². The van der Waals surface area contributed by atoms with Gasteiger partial charge in [-0.3, -0.25) is 4.90 Å². The minimum Gasteiger partial charge on any atom is -0.348 e. The highest BCUT2D eigenvalue weighted by atomic mass is 15.6. The molecular formula is C18H20N6. The zero-order valence-corrected chi connectivity index (χ0v) is 13.5. The minimum atomic E-state index is 0.249. The van der Waals surface area contributed by atoms with E-state index in [0.717, 1.165) is 25.5 Å². The number of fused-ring (bicyclic) bond motifs is 1. The van der Waals surface area contributed by atoms with Crippen molar-refractivity contribution >= 4 is 0 Å². The van der Waals surface area contributed by atoms with Gasteiger partial charge >= 0.3 is 0 Å². The van der Waals surface area contributed by atoms with Crippen molar-refractivity contribution < 1.29 is 0 Å². The average molecular weight is 320 g/mol. The van der Waals surface area contributed by atoms with E-state index in [-0.39, 0.29) is 6.04 Å². The molecule has 0 bridgehead atoms. The van der Waals surface area contributed by atoms with E-state index in [2.05, 4.69) is 73.7 Å². The van der Waals surface area contributed by atoms with E-state index in [1.54, 1.807) is 0 Å². The second kappa shape index (κ2) is 5.56. The topological polar surface area (TPSA) is 51.8 Å². The Morgan fingerprint density at radius 2 is 1.88 bits per heavy atom. The van der Waals surface area contributed by atoms with Crippen molar-refractivity contribution in [2.45, 2.75) is 38.0 Å². The Morgan fingerprint density at radius 1 is 1.00 bits per heavy atom. The quantitative estimate of drug-likeness (QED) is 0.741. The first-order chi connectivity index (χ1) is 11.9. The number of nitrogens with zero attached hydrogens (tertiary/aromatic N) is 6. The molecule has 3 heterocycles. The molecular weight excluding hydrogens is 300 g/mol. The number of tetrazole rings is 1. The molecule has 1 saturated carbocycles. The molecule has 1 aliphatic heterocycles. The standard InChI is InChI=1S/C18H20N6/c1-2-5-14(6-3-1)18-16-7-4-10-22(16)11-12-23(18)13-17-19-20-21-24(17)15-8-9-15/h1-7,10,15,18H,8-9,11-13H2. The van der Waals surface area contributed by atoms with Crippen molar-refractivity contribution in [3.63, 3.8) is 0 Å². The average Bonchev–Trinajstić information content (AvgIpc) is 3.17. The SMILES string of the molecule is c1ccc(C2c3cccn3CCN2Cc2nnnn2C2CC2)cc1. The Bertz CT molecular complexity index is 832. The highest BCUT2D eigenvalue weighted by Gasteiger charge is 2.32. The van der Waals surface area contributed by atoms with Gasteiger partial charge in [-0.25, -0.2) is 4.68 Å². The Labute approximate surface area is 140 Å². The first-order valence-corrected chi connectivity index (χ1v) is 8.61. The maximum atomic E-state index is 4.30. The summed E-state index contributed by atoms with van der Waals surface area (Å²) in [5, 5.41) is 12.4. The van der Waals surface area contributed by atoms with Crippen LogP contribution in [-0.4, -0.2) is 36.2 Å². The van der Waals surface area contributed by atoms with Gasteiger partial charge in [-0.05, 0) is 41.0 Å². The highest BCUT2D eigenvalue weighted by Crippen LogP contribution is 2.36. The number of benzene rings is 1. The summed E-state index contributed by atoms with van der Waals surface area (Å²) < 4.78 is 4.38. The third-order valence-electron chi connectivity index (χ3n) is 5.05. The van der Waals surface area contributed by atoms with E-state index in [9.17, 15) is 0 Å². The van der Waals surface area contributed by atoms with Crippen molar-refractivity contribution in [3.05, 3.63) is 65.7 Å². The molecule has 0 saturated heterocycles. The van der Waals surface area contributed by atoms with Crippen LogP contribution in [0.25, 0.3) is 0 Å². The van der Waals surface area contributed by atoms with Gasteiger partial charge in [-0.15, -0.1) is 5.10 Å². The van der Waals surface area contributed by atoms with Gasteiger partial charge in [0.15, 0.2) is 5.82 Å². The van der Waals surface area contributed by atoms with E-state index in [1.165, 1.54) is 24.1 Å². The van der Waals surface area contributed by atoms with Gasteiger partial charge in [0.2, 0.25) is 0 Å². The Morgan fingerprint density at radius 3 is 2.71 bits per heavy atom. The Balaban J connectivity index is 1.51. The van der Waals surface area contributed by atoms with Crippen molar-refractivity contribution in [1.82, 2.24) is 29.7 Å². The molecule has 0 amide bonds. The lowest BCUT2D eigenvalue weighted by Gasteiger charge is -2.37. The molecule has 2 aromatic heterocycles. The summed E-state index contributed by atoms with van der Waals surface area (Å²) in [7, 11) is 0. The normalized spacial score (nSPS) is 20.9. The second-order valence-electron chi connectivity index (χ2n) is 6.68. The van der Waals surface area contributed by atoms with Gasteiger partial charge < -0.3 is 4.57 Å². The van der Waals surface area contributed by atoms with Gasteiger partial charge in [-0.1, -0.05) is 30.3 Å². The summed E-state index contributed by atoms with van der Waals surface area (Å²) in [5.41, 5.74) is 2.67. The van der Waals surface area contributed by atoms with Gasteiger partial charge in [-0.2, -0.15) is 0 Å². The zero-order valence-electron chi connectivity index (χ0n) is 13.5. The summed E-state index contributed by atoms with van der Waals surface area (Å²) in [4.78, 5) is 2.50. The van der Waals surface area contributed by atoms with Crippen LogP contribution in [0.15, 0.2) is 48.7 Å². The molecule has 1 fully saturated rings. The fraction of sp³-hybridized carbons (Fsp3) is 0.389. The van der Waals surface area contributed by atoms with Crippen molar-refractivity contribution in [1.29, 1.82) is 0 Å². The van der Waals surface area contributed by atoms with Gasteiger partial charge in [0.05, 0.1) is 18.6 Å². The molecule has 2 aliphatic rings. The van der Waals surface area contributed by atoms with E-state index in [1.807, 2.05) is 4.68 Å². The van der Waals surface area contributed by atoms with E-state index in [0.29, 0.717) is 6.04 Å². The van der Waals surface area contributed by atoms with Crippen LogP contribution in [0.5, 0.6) is 0 Å². The predicted molar refractivity (Wildman–Crippen MR) is 89.2 cm³/mol. The number of hydrogen-bond acceptors (Lipinski definition) is 4. The number of aromatic nitrogens is 5. The van der Waals surface area contributed by atoms with Crippen LogP contribution in [0.4, 0.5) is 0 Å². The fourth-order valence-corrected chi connectivity index (χ4v) is 3.72. The fourth-order valence-electron chi connectivity index (χ4n) is 3.72.